The highest BCUT2D eigenvalue weighted by atomic mass is 16.8. The third-order valence-electron chi connectivity index (χ3n) is 2.81. The summed E-state index contributed by atoms with van der Waals surface area (Å²) in [5, 5.41) is 2.90. The number of piperidine rings is 1. The minimum Gasteiger partial charge on any atom is -0.465 e. The number of carbonyl (C=O) groups is 4. The highest BCUT2D eigenvalue weighted by Gasteiger charge is 2.29. The second-order valence-electron chi connectivity index (χ2n) is 7.77. The average Bonchev–Trinajstić information content (AvgIpc) is 2.44. The Hall–Kier alpha value is -2.16. The summed E-state index contributed by atoms with van der Waals surface area (Å²) in [6.45, 7) is 13.1. The molecular formula is C18H31NO8. The summed E-state index contributed by atoms with van der Waals surface area (Å²) in [7, 11) is 0. The minimum atomic E-state index is -1.06. The van der Waals surface area contributed by atoms with Gasteiger partial charge in [0, 0.05) is 0 Å². The molecule has 9 heteroatoms. The van der Waals surface area contributed by atoms with Crippen molar-refractivity contribution in [3.63, 3.8) is 0 Å². The van der Waals surface area contributed by atoms with Crippen LogP contribution in [0.2, 0.25) is 0 Å². The van der Waals surface area contributed by atoms with E-state index in [2.05, 4.69) is 10.1 Å². The molecule has 1 aliphatic heterocycles. The van der Waals surface area contributed by atoms with Crippen molar-refractivity contribution in [1.82, 2.24) is 5.32 Å². The monoisotopic (exact) mass is 389 g/mol. The third kappa shape index (κ3) is 12.8. The van der Waals surface area contributed by atoms with Crippen LogP contribution in [0.15, 0.2) is 0 Å². The molecule has 1 aliphatic rings. The Bertz CT molecular complexity index is 504. The maximum Gasteiger partial charge on any atom is 0.519 e. The number of carbonyl (C=O) groups excluding carboxylic acids is 4. The van der Waals surface area contributed by atoms with Gasteiger partial charge in [0.05, 0.1) is 13.2 Å². The van der Waals surface area contributed by atoms with Crippen molar-refractivity contribution in [2.24, 2.45) is 5.92 Å². The number of Topliss-reactive ketones (excluding diaryl/α,β-unsaturated/α-hetero) is 1. The highest BCUT2D eigenvalue weighted by molar-refractivity contribution is 6.00. The normalized spacial score (nSPS) is 17.1. The predicted molar refractivity (Wildman–Crippen MR) is 96.2 cm³/mol. The third-order valence-corrected chi connectivity index (χ3v) is 2.81. The van der Waals surface area contributed by atoms with Crippen LogP contribution < -0.4 is 5.32 Å². The van der Waals surface area contributed by atoms with E-state index in [1.54, 1.807) is 48.5 Å². The minimum absolute atomic E-state index is 0.0558. The van der Waals surface area contributed by atoms with Crippen molar-refractivity contribution in [2.45, 2.75) is 66.1 Å². The van der Waals surface area contributed by atoms with Crippen LogP contribution in [-0.2, 0) is 28.5 Å². The smallest absolute Gasteiger partial charge is 0.465 e. The van der Waals surface area contributed by atoms with Gasteiger partial charge in [-0.2, -0.15) is 0 Å². The summed E-state index contributed by atoms with van der Waals surface area (Å²) in [6, 6.07) is 0. The van der Waals surface area contributed by atoms with Gasteiger partial charge < -0.3 is 24.3 Å². The van der Waals surface area contributed by atoms with Gasteiger partial charge >= 0.3 is 18.3 Å². The number of ether oxygens (including phenoxy) is 4. The Morgan fingerprint density at radius 1 is 1.00 bits per heavy atom. The summed E-state index contributed by atoms with van der Waals surface area (Å²) in [5.41, 5.74) is -1.39. The van der Waals surface area contributed by atoms with E-state index in [1.807, 2.05) is 0 Å². The number of rotatable bonds is 2. The van der Waals surface area contributed by atoms with Crippen molar-refractivity contribution in [3.8, 4) is 0 Å². The lowest BCUT2D eigenvalue weighted by Gasteiger charge is -2.20. The molecule has 0 aromatic carbocycles. The molecule has 0 saturated carbocycles. The molecular weight excluding hydrogens is 358 g/mol. The van der Waals surface area contributed by atoms with Crippen LogP contribution in [0.1, 0.15) is 54.9 Å². The number of hydrogen-bond acceptors (Lipinski definition) is 9. The first-order valence-electron chi connectivity index (χ1n) is 8.79. The van der Waals surface area contributed by atoms with E-state index in [1.165, 1.54) is 0 Å². The van der Waals surface area contributed by atoms with Gasteiger partial charge in [-0.05, 0) is 61.4 Å². The maximum atomic E-state index is 11.1. The Labute approximate surface area is 160 Å². The summed E-state index contributed by atoms with van der Waals surface area (Å²) in [5.74, 6) is -0.949. The van der Waals surface area contributed by atoms with Crippen LogP contribution in [0.25, 0.3) is 0 Å². The molecule has 0 aromatic heterocycles. The molecule has 1 atom stereocenters. The topological polar surface area (TPSA) is 117 Å². The van der Waals surface area contributed by atoms with Crippen molar-refractivity contribution >= 4 is 24.1 Å². The Morgan fingerprint density at radius 2 is 1.48 bits per heavy atom. The van der Waals surface area contributed by atoms with Crippen molar-refractivity contribution in [2.75, 3.05) is 19.7 Å². The SMILES string of the molecule is CC(C)(C)OC(=O)OC(=O)OC(C)(C)C.CCOC(=O)C1CCNCC1=O. The predicted octanol–water partition coefficient (Wildman–Crippen LogP) is 2.60. The largest absolute Gasteiger partial charge is 0.519 e. The molecule has 0 aliphatic carbocycles. The number of hydrogen-bond donors (Lipinski definition) is 1. The highest BCUT2D eigenvalue weighted by Crippen LogP contribution is 2.12. The lowest BCUT2D eigenvalue weighted by atomic mass is 9.97. The van der Waals surface area contributed by atoms with Crippen LogP contribution in [0.3, 0.4) is 0 Å². The number of esters is 1. The molecule has 0 spiro atoms. The van der Waals surface area contributed by atoms with Gasteiger partial charge in [-0.25, -0.2) is 9.59 Å². The van der Waals surface area contributed by atoms with Gasteiger partial charge in [0.1, 0.15) is 17.1 Å². The summed E-state index contributed by atoms with van der Waals surface area (Å²) >= 11 is 0. The van der Waals surface area contributed by atoms with E-state index >= 15 is 0 Å². The Morgan fingerprint density at radius 3 is 1.85 bits per heavy atom. The molecule has 1 rings (SSSR count). The van der Waals surface area contributed by atoms with E-state index < -0.39 is 29.4 Å². The van der Waals surface area contributed by atoms with E-state index in [-0.39, 0.29) is 11.8 Å². The first-order valence-corrected chi connectivity index (χ1v) is 8.79. The van der Waals surface area contributed by atoms with E-state index in [9.17, 15) is 19.2 Å². The molecule has 1 heterocycles. The summed E-state index contributed by atoms with van der Waals surface area (Å²) in [4.78, 5) is 44.3. The zero-order valence-electron chi connectivity index (χ0n) is 17.2. The quantitative estimate of drug-likeness (QED) is 0.432. The van der Waals surface area contributed by atoms with Gasteiger partial charge in [0.2, 0.25) is 0 Å². The van der Waals surface area contributed by atoms with Crippen molar-refractivity contribution in [3.05, 3.63) is 0 Å². The first kappa shape index (κ1) is 24.8. The molecule has 1 fully saturated rings. The second kappa shape index (κ2) is 10.9. The lowest BCUT2D eigenvalue weighted by molar-refractivity contribution is -0.152. The fraction of sp³-hybridized carbons (Fsp3) is 0.778. The van der Waals surface area contributed by atoms with E-state index in [4.69, 9.17) is 14.2 Å². The fourth-order valence-electron chi connectivity index (χ4n) is 1.84. The Kier molecular flexibility index (Phi) is 9.99. The molecule has 1 saturated heterocycles. The van der Waals surface area contributed by atoms with Crippen LogP contribution >= 0.6 is 0 Å². The van der Waals surface area contributed by atoms with Gasteiger partial charge in [-0.1, -0.05) is 0 Å². The lowest BCUT2D eigenvalue weighted by Crippen LogP contribution is -2.41. The molecule has 0 aromatic rings. The molecule has 1 unspecified atom stereocenters. The Balaban J connectivity index is 0.000000511. The van der Waals surface area contributed by atoms with Crippen molar-refractivity contribution < 1.29 is 38.1 Å². The zero-order valence-corrected chi connectivity index (χ0v) is 17.2. The van der Waals surface area contributed by atoms with Crippen LogP contribution in [0.5, 0.6) is 0 Å². The molecule has 0 amide bonds. The second-order valence-corrected chi connectivity index (χ2v) is 7.77. The molecule has 0 bridgehead atoms. The molecule has 156 valence electrons. The average molecular weight is 389 g/mol. The molecule has 1 N–H and O–H groups in total. The van der Waals surface area contributed by atoms with Gasteiger partial charge in [-0.15, -0.1) is 0 Å². The fourth-order valence-corrected chi connectivity index (χ4v) is 1.84. The summed E-state index contributed by atoms with van der Waals surface area (Å²) in [6.07, 6.45) is -1.55. The first-order chi connectivity index (χ1) is 12.2. The van der Waals surface area contributed by atoms with Crippen molar-refractivity contribution in [1.29, 1.82) is 0 Å². The standard InChI is InChI=1S/C10H18O5.C8H13NO3/c1-9(2,3)14-7(11)13-8(12)15-10(4,5)6;1-2-12-8(11)6-3-4-9-5-7(6)10/h1-6H3;6,9H,2-5H2,1H3. The van der Waals surface area contributed by atoms with Crippen LogP contribution in [0.4, 0.5) is 9.59 Å². The van der Waals surface area contributed by atoms with Gasteiger partial charge in [-0.3, -0.25) is 9.59 Å². The van der Waals surface area contributed by atoms with Gasteiger partial charge in [0.15, 0.2) is 5.78 Å². The maximum absolute atomic E-state index is 11.1. The summed E-state index contributed by atoms with van der Waals surface area (Å²) < 4.78 is 18.6. The number of nitrogens with one attached hydrogen (secondary N) is 1. The molecule has 27 heavy (non-hydrogen) atoms. The molecule has 0 radical (unpaired) electrons. The zero-order chi connectivity index (χ0) is 21.3. The van der Waals surface area contributed by atoms with E-state index in [0.29, 0.717) is 19.6 Å². The molecule has 9 nitrogen and oxygen atoms in total. The van der Waals surface area contributed by atoms with Gasteiger partial charge in [0.25, 0.3) is 0 Å². The van der Waals surface area contributed by atoms with Crippen LogP contribution in [0, 0.1) is 5.92 Å². The van der Waals surface area contributed by atoms with Crippen LogP contribution in [-0.4, -0.2) is 55.0 Å². The number of ketones is 1. The van der Waals surface area contributed by atoms with E-state index in [0.717, 1.165) is 6.54 Å².